The summed E-state index contributed by atoms with van der Waals surface area (Å²) < 4.78 is 46.6. The maximum atomic E-state index is 13.2. The van der Waals surface area contributed by atoms with E-state index in [2.05, 4.69) is 10.3 Å². The van der Waals surface area contributed by atoms with E-state index in [0.717, 1.165) is 29.6 Å². The van der Waals surface area contributed by atoms with Gasteiger partial charge >= 0.3 is 6.18 Å². The number of ether oxygens (including phenoxy) is 1. The molecule has 1 atom stereocenters. The molecule has 0 bridgehead atoms. The monoisotopic (exact) mass is 455 g/mol. The number of halogens is 4. The lowest BCUT2D eigenvalue weighted by Gasteiger charge is -2.17. The van der Waals surface area contributed by atoms with Crippen molar-refractivity contribution in [2.45, 2.75) is 23.5 Å². The smallest absolute Gasteiger partial charge is 0.418 e. The van der Waals surface area contributed by atoms with Gasteiger partial charge in [0.25, 0.3) is 0 Å². The predicted molar refractivity (Wildman–Crippen MR) is 111 cm³/mol. The molecule has 3 rings (SSSR count). The minimum Gasteiger partial charge on any atom is -0.497 e. The van der Waals surface area contributed by atoms with Crippen molar-refractivity contribution in [1.29, 1.82) is 0 Å². The van der Waals surface area contributed by atoms with Gasteiger partial charge in [-0.3, -0.25) is 9.36 Å². The minimum absolute atomic E-state index is 0.0655. The van der Waals surface area contributed by atoms with E-state index in [1.807, 2.05) is 12.1 Å². The zero-order valence-electron chi connectivity index (χ0n) is 15.9. The summed E-state index contributed by atoms with van der Waals surface area (Å²) in [6.45, 7) is 1.59. The van der Waals surface area contributed by atoms with Gasteiger partial charge in [-0.05, 0) is 49.4 Å². The second kappa shape index (κ2) is 9.01. The fraction of sp³-hybridized carbons (Fsp3) is 0.200. The minimum atomic E-state index is -4.64. The van der Waals surface area contributed by atoms with E-state index in [4.69, 9.17) is 16.3 Å². The number of benzene rings is 2. The summed E-state index contributed by atoms with van der Waals surface area (Å²) >= 11 is 6.80. The highest BCUT2D eigenvalue weighted by Gasteiger charge is 2.34. The van der Waals surface area contributed by atoms with Crippen LogP contribution < -0.4 is 10.1 Å². The van der Waals surface area contributed by atoms with Gasteiger partial charge in [-0.15, -0.1) is 0 Å². The number of nitrogens with one attached hydrogen (secondary N) is 1. The number of thioether (sulfide) groups is 1. The Kier molecular flexibility index (Phi) is 6.62. The Labute approximate surface area is 180 Å². The molecule has 1 aromatic heterocycles. The van der Waals surface area contributed by atoms with Crippen LogP contribution in [0.2, 0.25) is 5.02 Å². The van der Waals surface area contributed by atoms with Gasteiger partial charge in [0.05, 0.1) is 23.6 Å². The molecule has 0 aliphatic carbocycles. The molecule has 2 aromatic carbocycles. The average molecular weight is 456 g/mol. The molecule has 1 heterocycles. The van der Waals surface area contributed by atoms with Crippen molar-refractivity contribution in [3.8, 4) is 11.4 Å². The second-order valence-corrected chi connectivity index (χ2v) is 7.96. The number of rotatable bonds is 6. The van der Waals surface area contributed by atoms with Crippen molar-refractivity contribution < 1.29 is 22.7 Å². The van der Waals surface area contributed by atoms with E-state index in [0.29, 0.717) is 10.9 Å². The summed E-state index contributed by atoms with van der Waals surface area (Å²) in [5.41, 5.74) is -0.538. The highest BCUT2D eigenvalue weighted by molar-refractivity contribution is 8.00. The molecule has 1 N–H and O–H groups in total. The Morgan fingerprint density at radius 1 is 1.23 bits per heavy atom. The number of amides is 1. The van der Waals surface area contributed by atoms with E-state index in [1.54, 1.807) is 43.1 Å². The first-order chi connectivity index (χ1) is 14.2. The molecule has 1 unspecified atom stereocenters. The van der Waals surface area contributed by atoms with Gasteiger partial charge in [-0.2, -0.15) is 13.2 Å². The van der Waals surface area contributed by atoms with Crippen LogP contribution in [0, 0.1) is 0 Å². The molecule has 10 heteroatoms. The van der Waals surface area contributed by atoms with Crippen molar-refractivity contribution in [2.75, 3.05) is 12.4 Å². The number of carbonyl (C=O) groups is 1. The van der Waals surface area contributed by atoms with Crippen molar-refractivity contribution in [1.82, 2.24) is 9.55 Å². The third-order valence-electron chi connectivity index (χ3n) is 4.15. The molecule has 30 heavy (non-hydrogen) atoms. The van der Waals surface area contributed by atoms with Crippen LogP contribution in [-0.2, 0) is 11.0 Å². The van der Waals surface area contributed by atoms with Crippen LogP contribution in [-0.4, -0.2) is 27.8 Å². The fourth-order valence-electron chi connectivity index (χ4n) is 2.62. The van der Waals surface area contributed by atoms with Crippen molar-refractivity contribution in [3.63, 3.8) is 0 Å². The molecule has 0 saturated heterocycles. The molecule has 158 valence electrons. The number of nitrogens with zero attached hydrogens (tertiary/aromatic N) is 2. The Balaban J connectivity index is 1.76. The van der Waals surface area contributed by atoms with Crippen LogP contribution in [0.5, 0.6) is 5.75 Å². The molecule has 0 radical (unpaired) electrons. The largest absolute Gasteiger partial charge is 0.497 e. The van der Waals surface area contributed by atoms with Gasteiger partial charge in [-0.25, -0.2) is 4.98 Å². The van der Waals surface area contributed by atoms with Crippen LogP contribution in [0.3, 0.4) is 0 Å². The second-order valence-electron chi connectivity index (χ2n) is 6.21. The number of aromatic nitrogens is 2. The lowest BCUT2D eigenvalue weighted by molar-refractivity contribution is -0.137. The molecule has 0 aliphatic rings. The first-order valence-corrected chi connectivity index (χ1v) is 9.97. The Bertz CT molecular complexity index is 1040. The summed E-state index contributed by atoms with van der Waals surface area (Å²) in [5, 5.41) is 2.09. The molecule has 0 spiro atoms. The first kappa shape index (κ1) is 22.0. The van der Waals surface area contributed by atoms with Gasteiger partial charge in [0.1, 0.15) is 5.75 Å². The SMILES string of the molecule is COc1ccc(-n2ccnc2SC(C)C(=O)Nc2ccc(Cl)cc2C(F)(F)F)cc1. The lowest BCUT2D eigenvalue weighted by atomic mass is 10.1. The van der Waals surface area contributed by atoms with Gasteiger partial charge in [-0.1, -0.05) is 23.4 Å². The third-order valence-corrected chi connectivity index (χ3v) is 5.47. The van der Waals surface area contributed by atoms with E-state index >= 15 is 0 Å². The number of anilines is 1. The Morgan fingerprint density at radius 2 is 1.93 bits per heavy atom. The summed E-state index contributed by atoms with van der Waals surface area (Å²) in [6.07, 6.45) is -1.33. The van der Waals surface area contributed by atoms with Crippen LogP contribution in [0.1, 0.15) is 12.5 Å². The molecule has 0 aliphatic heterocycles. The number of alkyl halides is 3. The van der Waals surface area contributed by atoms with E-state index in [-0.39, 0.29) is 10.7 Å². The van der Waals surface area contributed by atoms with Crippen molar-refractivity contribution in [2.24, 2.45) is 0 Å². The average Bonchev–Trinajstić information content (AvgIpc) is 3.16. The Hall–Kier alpha value is -2.65. The number of imidazole rings is 1. The van der Waals surface area contributed by atoms with Crippen LogP contribution in [0.25, 0.3) is 5.69 Å². The van der Waals surface area contributed by atoms with E-state index in [1.165, 1.54) is 6.07 Å². The zero-order valence-corrected chi connectivity index (χ0v) is 17.5. The quantitative estimate of drug-likeness (QED) is 0.486. The van der Waals surface area contributed by atoms with Crippen molar-refractivity contribution in [3.05, 3.63) is 65.4 Å². The van der Waals surface area contributed by atoms with E-state index < -0.39 is 22.9 Å². The standard InChI is InChI=1S/C20H17ClF3N3O2S/c1-12(18(28)26-17-8-3-13(21)11-16(17)20(22,23)24)30-19-25-9-10-27(19)14-4-6-15(29-2)7-5-14/h3-12H,1-2H3,(H,26,28). The topological polar surface area (TPSA) is 56.2 Å². The van der Waals surface area contributed by atoms with Crippen molar-refractivity contribution >= 4 is 35.0 Å². The molecular weight excluding hydrogens is 439 g/mol. The number of carbonyl (C=O) groups excluding carboxylic acids is 1. The molecule has 1 amide bonds. The van der Waals surface area contributed by atoms with Gasteiger partial charge in [0.2, 0.25) is 5.91 Å². The zero-order chi connectivity index (χ0) is 21.9. The van der Waals surface area contributed by atoms with Gasteiger partial charge in [0.15, 0.2) is 5.16 Å². The first-order valence-electron chi connectivity index (χ1n) is 8.71. The third kappa shape index (κ3) is 5.09. The molecule has 3 aromatic rings. The summed E-state index contributed by atoms with van der Waals surface area (Å²) in [6, 6.07) is 10.5. The number of hydrogen-bond acceptors (Lipinski definition) is 4. The summed E-state index contributed by atoms with van der Waals surface area (Å²) in [7, 11) is 1.57. The van der Waals surface area contributed by atoms with Crippen LogP contribution in [0.4, 0.5) is 18.9 Å². The molecular formula is C20H17ClF3N3O2S. The van der Waals surface area contributed by atoms with Crippen LogP contribution in [0.15, 0.2) is 60.0 Å². The molecule has 5 nitrogen and oxygen atoms in total. The number of hydrogen-bond donors (Lipinski definition) is 1. The van der Waals surface area contributed by atoms with Gasteiger partial charge < -0.3 is 10.1 Å². The fourth-order valence-corrected chi connectivity index (χ4v) is 3.68. The lowest BCUT2D eigenvalue weighted by Crippen LogP contribution is -2.24. The highest BCUT2D eigenvalue weighted by atomic mass is 35.5. The maximum Gasteiger partial charge on any atom is 0.418 e. The van der Waals surface area contributed by atoms with Crippen LogP contribution >= 0.6 is 23.4 Å². The van der Waals surface area contributed by atoms with E-state index in [9.17, 15) is 18.0 Å². The Morgan fingerprint density at radius 3 is 2.57 bits per heavy atom. The predicted octanol–water partition coefficient (Wildman–Crippen LogP) is 5.67. The summed E-state index contributed by atoms with van der Waals surface area (Å²) in [5.74, 6) is 0.112. The molecule has 0 fully saturated rings. The summed E-state index contributed by atoms with van der Waals surface area (Å²) in [4.78, 5) is 16.8. The maximum absolute atomic E-state index is 13.2. The highest BCUT2D eigenvalue weighted by Crippen LogP contribution is 2.37. The normalized spacial score (nSPS) is 12.5. The number of methoxy groups -OCH3 is 1. The molecule has 0 saturated carbocycles. The van der Waals surface area contributed by atoms with Gasteiger partial charge in [0, 0.05) is 23.1 Å².